The highest BCUT2D eigenvalue weighted by atomic mass is 16.8. The summed E-state index contributed by atoms with van der Waals surface area (Å²) in [5.74, 6) is -1.73. The molecular weight excluding hydrogens is 678 g/mol. The van der Waals surface area contributed by atoms with E-state index in [1.165, 1.54) is 0 Å². The largest absolute Gasteiger partial charge is 0.479 e. The second-order valence-corrected chi connectivity index (χ2v) is 11.8. The quantitative estimate of drug-likeness (QED) is 0.0838. The molecule has 15 N–H and O–H groups in total. The van der Waals surface area contributed by atoms with Gasteiger partial charge in [-0.15, -0.1) is 0 Å². The van der Waals surface area contributed by atoms with Gasteiger partial charge in [0.2, 0.25) is 0 Å². The molecule has 4 saturated heterocycles. The molecule has 20 atom stereocenters. The molecule has 0 aromatic carbocycles. The average Bonchev–Trinajstić information content (AvgIpc) is 3.08. The van der Waals surface area contributed by atoms with Crippen molar-refractivity contribution in [3.05, 3.63) is 0 Å². The van der Waals surface area contributed by atoms with E-state index in [0.717, 1.165) is 0 Å². The first-order chi connectivity index (χ1) is 23.2. The lowest BCUT2D eigenvalue weighted by Gasteiger charge is -2.49. The van der Waals surface area contributed by atoms with E-state index in [1.807, 2.05) is 0 Å². The molecule has 0 aromatic heterocycles. The molecular formula is C26H45NO22. The van der Waals surface area contributed by atoms with Crippen LogP contribution >= 0.6 is 0 Å². The Morgan fingerprint density at radius 1 is 0.510 bits per heavy atom. The number of hydrogen-bond donors (Lipinski definition) is 14. The van der Waals surface area contributed by atoms with Crippen LogP contribution < -0.4 is 5.73 Å². The van der Waals surface area contributed by atoms with Crippen molar-refractivity contribution in [1.82, 2.24) is 0 Å². The molecule has 0 aliphatic carbocycles. The molecule has 4 rings (SSSR count). The summed E-state index contributed by atoms with van der Waals surface area (Å²) in [6, 6.07) is 0. The van der Waals surface area contributed by atoms with Gasteiger partial charge in [-0.05, 0) is 0 Å². The third kappa shape index (κ3) is 8.48. The van der Waals surface area contributed by atoms with Crippen molar-refractivity contribution in [3.8, 4) is 0 Å². The number of carbonyl (C=O) groups is 1. The first kappa shape index (κ1) is 40.4. The number of nitrogens with two attached hydrogens (primary N) is 1. The first-order valence-corrected chi connectivity index (χ1v) is 15.3. The molecule has 0 aromatic rings. The monoisotopic (exact) mass is 723 g/mol. The minimum absolute atomic E-state index is 0.0559. The van der Waals surface area contributed by atoms with Gasteiger partial charge in [0.1, 0.15) is 91.6 Å². The Bertz CT molecular complexity index is 1040. The molecule has 49 heavy (non-hydrogen) atoms. The van der Waals surface area contributed by atoms with Crippen LogP contribution in [0.4, 0.5) is 0 Å². The summed E-state index contributed by atoms with van der Waals surface area (Å²) in [6.07, 6.45) is -36.7. The highest BCUT2D eigenvalue weighted by molar-refractivity contribution is 5.73. The van der Waals surface area contributed by atoms with Crippen LogP contribution in [-0.4, -0.2) is 228 Å². The predicted octanol–water partition coefficient (Wildman–Crippen LogP) is -9.67. The fourth-order valence-electron chi connectivity index (χ4n) is 5.84. The predicted molar refractivity (Wildman–Crippen MR) is 147 cm³/mol. The van der Waals surface area contributed by atoms with Crippen LogP contribution in [0.2, 0.25) is 0 Å². The summed E-state index contributed by atoms with van der Waals surface area (Å²) in [7, 11) is 0. The van der Waals surface area contributed by atoms with Crippen LogP contribution in [0.25, 0.3) is 0 Å². The molecule has 4 fully saturated rings. The molecule has 286 valence electrons. The molecule has 11 unspecified atom stereocenters. The van der Waals surface area contributed by atoms with E-state index in [4.69, 9.17) is 43.6 Å². The van der Waals surface area contributed by atoms with Gasteiger partial charge in [0, 0.05) is 6.54 Å². The number of aliphatic hydroxyl groups excluding tert-OH is 12. The molecule has 4 heterocycles. The third-order valence-electron chi connectivity index (χ3n) is 8.55. The number of carboxylic acid groups (broad SMARTS) is 1. The van der Waals surface area contributed by atoms with Crippen LogP contribution in [0.1, 0.15) is 0 Å². The fraction of sp³-hybridized carbons (Fsp3) is 0.962. The maximum Gasteiger partial charge on any atom is 0.335 e. The molecule has 0 saturated carbocycles. The van der Waals surface area contributed by atoms with Crippen molar-refractivity contribution in [2.75, 3.05) is 33.0 Å². The van der Waals surface area contributed by atoms with Gasteiger partial charge in [0.05, 0.1) is 26.4 Å². The summed E-state index contributed by atoms with van der Waals surface area (Å²) in [6.45, 7) is -2.65. The molecule has 0 spiro atoms. The topological polar surface area (TPSA) is 380 Å². The lowest BCUT2D eigenvalue weighted by molar-refractivity contribution is -0.387. The summed E-state index contributed by atoms with van der Waals surface area (Å²) in [5.41, 5.74) is 5.37. The van der Waals surface area contributed by atoms with E-state index >= 15 is 0 Å². The van der Waals surface area contributed by atoms with Gasteiger partial charge in [-0.3, -0.25) is 0 Å². The van der Waals surface area contributed by atoms with Gasteiger partial charge in [-0.25, -0.2) is 4.79 Å². The van der Waals surface area contributed by atoms with Gasteiger partial charge in [-0.1, -0.05) is 0 Å². The van der Waals surface area contributed by atoms with E-state index in [1.54, 1.807) is 0 Å². The number of carboxylic acids is 1. The van der Waals surface area contributed by atoms with Crippen molar-refractivity contribution in [2.24, 2.45) is 5.73 Å². The minimum Gasteiger partial charge on any atom is -0.479 e. The van der Waals surface area contributed by atoms with E-state index in [9.17, 15) is 71.2 Å². The summed E-state index contributed by atoms with van der Waals surface area (Å²) < 4.78 is 43.3. The zero-order valence-corrected chi connectivity index (χ0v) is 25.6. The zero-order chi connectivity index (χ0) is 36.3. The number of rotatable bonds is 13. The van der Waals surface area contributed by atoms with Gasteiger partial charge in [-0.2, -0.15) is 0 Å². The molecule has 23 heteroatoms. The van der Waals surface area contributed by atoms with Crippen molar-refractivity contribution in [3.63, 3.8) is 0 Å². The van der Waals surface area contributed by atoms with Gasteiger partial charge < -0.3 is 110 Å². The second-order valence-electron chi connectivity index (χ2n) is 11.8. The maximum atomic E-state index is 11.4. The van der Waals surface area contributed by atoms with Crippen molar-refractivity contribution in [2.45, 2.75) is 123 Å². The molecule has 0 bridgehead atoms. The lowest BCUT2D eigenvalue weighted by Crippen LogP contribution is -2.67. The highest BCUT2D eigenvalue weighted by Gasteiger charge is 2.55. The highest BCUT2D eigenvalue weighted by Crippen LogP contribution is 2.34. The van der Waals surface area contributed by atoms with Crippen LogP contribution in [-0.2, 0) is 42.7 Å². The van der Waals surface area contributed by atoms with Gasteiger partial charge in [0.25, 0.3) is 0 Å². The van der Waals surface area contributed by atoms with Gasteiger partial charge >= 0.3 is 5.97 Å². The SMILES string of the molecule is NCCO[C@H]1OC(CO)[C@H](O[C@H]2OC(CO)[C@@H](O[C@@H]3OC(CO)[C@@H](O[C@@H]4OC(C(=O)O)[C@@H](O)C(O)C4O)C(O)C3O)[C@H](O)C2O)C(O)C1O. The fourth-order valence-corrected chi connectivity index (χ4v) is 5.84. The van der Waals surface area contributed by atoms with Crippen molar-refractivity contribution >= 4 is 5.97 Å². The number of aliphatic hydroxyl groups is 12. The Hall–Kier alpha value is -1.37. The van der Waals surface area contributed by atoms with E-state index in [-0.39, 0.29) is 13.2 Å². The maximum absolute atomic E-state index is 11.4. The number of hydrogen-bond acceptors (Lipinski definition) is 22. The van der Waals surface area contributed by atoms with E-state index < -0.39 is 149 Å². The Labute approximate surface area is 277 Å². The Balaban J connectivity index is 1.43. The summed E-state index contributed by atoms with van der Waals surface area (Å²) in [5, 5.41) is 134. The van der Waals surface area contributed by atoms with Crippen LogP contribution in [0.15, 0.2) is 0 Å². The zero-order valence-electron chi connectivity index (χ0n) is 25.6. The normalized spacial score (nSPS) is 49.5. The third-order valence-corrected chi connectivity index (χ3v) is 8.55. The van der Waals surface area contributed by atoms with Crippen molar-refractivity contribution in [1.29, 1.82) is 0 Å². The molecule has 4 aliphatic rings. The molecule has 0 radical (unpaired) electrons. The average molecular weight is 724 g/mol. The molecule has 23 nitrogen and oxygen atoms in total. The lowest BCUT2D eigenvalue weighted by atomic mass is 9.95. The standard InChI is InChI=1S/C26H45NO22/c27-1-2-42-23-15(37)11(33)18(6(3-28)43-23)46-24-16(38)12(34)19(7(4-29)44-24)47-25-17(39)13(35)20(8(5-30)45-25)48-26-14(36)9(31)10(32)21(49-26)22(40)41/h6-21,23-26,28-39H,1-5,27H2,(H,40,41)/t6?,7?,8?,9?,10-,11?,12+,13?,14?,15?,16?,17?,18-,19+,20+,21?,23-,24+,25-,26+/m0/s1. The Kier molecular flexibility index (Phi) is 14.4. The van der Waals surface area contributed by atoms with E-state index in [2.05, 4.69) is 0 Å². The molecule has 0 amide bonds. The summed E-state index contributed by atoms with van der Waals surface area (Å²) >= 11 is 0. The van der Waals surface area contributed by atoms with Crippen LogP contribution in [0.3, 0.4) is 0 Å². The first-order valence-electron chi connectivity index (χ1n) is 15.3. The summed E-state index contributed by atoms with van der Waals surface area (Å²) in [4.78, 5) is 11.4. The minimum atomic E-state index is -2.09. The van der Waals surface area contributed by atoms with Crippen LogP contribution in [0, 0.1) is 0 Å². The van der Waals surface area contributed by atoms with E-state index in [0.29, 0.717) is 0 Å². The van der Waals surface area contributed by atoms with Gasteiger partial charge in [0.15, 0.2) is 31.3 Å². The van der Waals surface area contributed by atoms with Crippen molar-refractivity contribution < 1.29 is 109 Å². The van der Waals surface area contributed by atoms with Crippen LogP contribution in [0.5, 0.6) is 0 Å². The molecule has 4 aliphatic heterocycles. The number of aliphatic carboxylic acids is 1. The Morgan fingerprint density at radius 3 is 1.22 bits per heavy atom. The Morgan fingerprint density at radius 2 is 0.857 bits per heavy atom. The number of ether oxygens (including phenoxy) is 8. The smallest absolute Gasteiger partial charge is 0.335 e. The second kappa shape index (κ2) is 17.4.